The SMILES string of the molecule is C=CCn1c(CC(=O)Nc2ccccc2F)nnc1SCC(=O)c1ccc(OC)cc1. The van der Waals surface area contributed by atoms with Gasteiger partial charge in [0.1, 0.15) is 17.4 Å². The molecule has 0 fully saturated rings. The first kappa shape index (κ1) is 22.2. The maximum atomic E-state index is 13.7. The second-order valence-electron chi connectivity index (χ2n) is 6.44. The van der Waals surface area contributed by atoms with Crippen LogP contribution in [0.5, 0.6) is 5.75 Å². The number of carbonyl (C=O) groups excluding carboxylic acids is 2. The third-order valence-electron chi connectivity index (χ3n) is 4.32. The number of ketones is 1. The highest BCUT2D eigenvalue weighted by atomic mass is 32.2. The molecule has 0 saturated heterocycles. The first-order valence-corrected chi connectivity index (χ1v) is 10.4. The van der Waals surface area contributed by atoms with Crippen molar-refractivity contribution in [3.63, 3.8) is 0 Å². The zero-order chi connectivity index (χ0) is 22.2. The summed E-state index contributed by atoms with van der Waals surface area (Å²) in [5, 5.41) is 11.2. The van der Waals surface area contributed by atoms with Gasteiger partial charge >= 0.3 is 0 Å². The van der Waals surface area contributed by atoms with Gasteiger partial charge in [0.2, 0.25) is 5.91 Å². The number of hydrogen-bond donors (Lipinski definition) is 1. The molecule has 0 radical (unpaired) electrons. The van der Waals surface area contributed by atoms with Crippen LogP contribution in [0.1, 0.15) is 16.2 Å². The van der Waals surface area contributed by atoms with Crippen LogP contribution in [0.3, 0.4) is 0 Å². The number of nitrogens with zero attached hydrogens (tertiary/aromatic N) is 3. The van der Waals surface area contributed by atoms with E-state index >= 15 is 0 Å². The minimum Gasteiger partial charge on any atom is -0.497 e. The molecule has 0 atom stereocenters. The number of hydrogen-bond acceptors (Lipinski definition) is 6. The maximum Gasteiger partial charge on any atom is 0.232 e. The van der Waals surface area contributed by atoms with Crippen molar-refractivity contribution in [2.75, 3.05) is 18.2 Å². The number of anilines is 1. The molecule has 31 heavy (non-hydrogen) atoms. The van der Waals surface area contributed by atoms with Crippen LogP contribution in [-0.4, -0.2) is 39.3 Å². The molecule has 160 valence electrons. The van der Waals surface area contributed by atoms with E-state index in [1.165, 1.54) is 23.9 Å². The van der Waals surface area contributed by atoms with Crippen molar-refractivity contribution in [1.29, 1.82) is 0 Å². The number of para-hydroxylation sites is 1. The Kier molecular flexibility index (Phi) is 7.55. The number of methoxy groups -OCH3 is 1. The fraction of sp³-hybridized carbons (Fsp3) is 0.182. The summed E-state index contributed by atoms with van der Waals surface area (Å²) in [4.78, 5) is 24.8. The number of thioether (sulfide) groups is 1. The van der Waals surface area contributed by atoms with Gasteiger partial charge in [-0.3, -0.25) is 9.59 Å². The lowest BCUT2D eigenvalue weighted by molar-refractivity contribution is -0.115. The second-order valence-corrected chi connectivity index (χ2v) is 7.39. The largest absolute Gasteiger partial charge is 0.497 e. The van der Waals surface area contributed by atoms with Crippen LogP contribution in [0.2, 0.25) is 0 Å². The number of nitrogens with one attached hydrogen (secondary N) is 1. The van der Waals surface area contributed by atoms with Crippen LogP contribution in [0.15, 0.2) is 66.3 Å². The molecule has 0 aliphatic heterocycles. The zero-order valence-electron chi connectivity index (χ0n) is 16.9. The van der Waals surface area contributed by atoms with E-state index in [1.54, 1.807) is 54.2 Å². The lowest BCUT2D eigenvalue weighted by Gasteiger charge is -2.09. The molecular formula is C22H21FN4O3S. The number of amides is 1. The normalized spacial score (nSPS) is 10.5. The Morgan fingerprint density at radius 3 is 2.61 bits per heavy atom. The van der Waals surface area contributed by atoms with Crippen LogP contribution in [0.25, 0.3) is 0 Å². The predicted octanol–water partition coefficient (Wildman–Crippen LogP) is 3.77. The van der Waals surface area contributed by atoms with E-state index < -0.39 is 11.7 Å². The Hall–Kier alpha value is -3.46. The smallest absolute Gasteiger partial charge is 0.232 e. The lowest BCUT2D eigenvalue weighted by Crippen LogP contribution is -2.18. The Morgan fingerprint density at radius 1 is 1.19 bits per heavy atom. The van der Waals surface area contributed by atoms with Crippen LogP contribution in [0, 0.1) is 5.82 Å². The van der Waals surface area contributed by atoms with E-state index in [0.29, 0.717) is 28.8 Å². The van der Waals surface area contributed by atoms with E-state index in [4.69, 9.17) is 4.74 Å². The van der Waals surface area contributed by atoms with Gasteiger partial charge in [-0.25, -0.2) is 4.39 Å². The summed E-state index contributed by atoms with van der Waals surface area (Å²) in [6.07, 6.45) is 1.55. The molecule has 1 N–H and O–H groups in total. The topological polar surface area (TPSA) is 86.1 Å². The molecule has 0 aliphatic carbocycles. The van der Waals surface area contributed by atoms with Crippen molar-refractivity contribution in [2.45, 2.75) is 18.1 Å². The molecule has 3 rings (SSSR count). The molecule has 9 heteroatoms. The minimum atomic E-state index is -0.517. The number of benzene rings is 2. The highest BCUT2D eigenvalue weighted by molar-refractivity contribution is 7.99. The molecular weight excluding hydrogens is 419 g/mol. The quantitative estimate of drug-likeness (QED) is 0.293. The van der Waals surface area contributed by atoms with Crippen molar-refractivity contribution >= 4 is 29.1 Å². The average Bonchev–Trinajstić information content (AvgIpc) is 3.15. The second kappa shape index (κ2) is 10.5. The summed E-state index contributed by atoms with van der Waals surface area (Å²) in [5.41, 5.74) is 0.662. The molecule has 0 bridgehead atoms. The van der Waals surface area contributed by atoms with Crippen molar-refractivity contribution in [3.8, 4) is 5.75 Å². The van der Waals surface area contributed by atoms with Gasteiger partial charge < -0.3 is 14.6 Å². The number of rotatable bonds is 10. The Morgan fingerprint density at radius 2 is 1.94 bits per heavy atom. The number of carbonyl (C=O) groups is 2. The van der Waals surface area contributed by atoms with Crippen LogP contribution in [-0.2, 0) is 17.8 Å². The molecule has 0 saturated carbocycles. The van der Waals surface area contributed by atoms with Crippen molar-refractivity contribution in [1.82, 2.24) is 14.8 Å². The Labute approximate surface area is 183 Å². The summed E-state index contributed by atoms with van der Waals surface area (Å²) in [6, 6.07) is 12.8. The number of halogens is 1. The first-order chi connectivity index (χ1) is 15.0. The monoisotopic (exact) mass is 440 g/mol. The molecule has 0 aliphatic rings. The molecule has 0 unspecified atom stereocenters. The third kappa shape index (κ3) is 5.79. The maximum absolute atomic E-state index is 13.7. The van der Waals surface area contributed by atoms with E-state index in [2.05, 4.69) is 22.1 Å². The number of Topliss-reactive ketones (excluding diaryl/α,β-unsaturated/α-hetero) is 1. The fourth-order valence-corrected chi connectivity index (χ4v) is 3.62. The summed E-state index contributed by atoms with van der Waals surface area (Å²) in [6.45, 7) is 4.09. The molecule has 1 heterocycles. The number of allylic oxidation sites excluding steroid dienone is 1. The van der Waals surface area contributed by atoms with Gasteiger partial charge in [-0.05, 0) is 36.4 Å². The minimum absolute atomic E-state index is 0.0698. The van der Waals surface area contributed by atoms with Gasteiger partial charge in [0.05, 0.1) is 25.0 Å². The number of aromatic nitrogens is 3. The van der Waals surface area contributed by atoms with Crippen LogP contribution < -0.4 is 10.1 Å². The zero-order valence-corrected chi connectivity index (χ0v) is 17.7. The summed E-state index contributed by atoms with van der Waals surface area (Å²) < 4.78 is 20.6. The predicted molar refractivity (Wildman–Crippen MR) is 117 cm³/mol. The number of ether oxygens (including phenoxy) is 1. The molecule has 1 amide bonds. The van der Waals surface area contributed by atoms with Gasteiger partial charge in [0.25, 0.3) is 0 Å². The van der Waals surface area contributed by atoms with E-state index in [1.807, 2.05) is 0 Å². The summed E-state index contributed by atoms with van der Waals surface area (Å²) in [5.74, 6) is 0.217. The molecule has 1 aromatic heterocycles. The van der Waals surface area contributed by atoms with Gasteiger partial charge in [0.15, 0.2) is 10.9 Å². The van der Waals surface area contributed by atoms with E-state index in [0.717, 1.165) is 0 Å². The van der Waals surface area contributed by atoms with Gasteiger partial charge in [-0.1, -0.05) is 30.0 Å². The Balaban J connectivity index is 1.66. The van der Waals surface area contributed by atoms with Gasteiger partial charge in [-0.2, -0.15) is 0 Å². The Bertz CT molecular complexity index is 1080. The van der Waals surface area contributed by atoms with Crippen LogP contribution >= 0.6 is 11.8 Å². The molecule has 7 nitrogen and oxygen atoms in total. The van der Waals surface area contributed by atoms with Crippen molar-refractivity contribution < 1.29 is 18.7 Å². The standard InChI is InChI=1S/C22H21FN4O3S/c1-3-12-27-20(13-21(29)24-18-7-5-4-6-17(18)23)25-26-22(27)31-14-19(28)15-8-10-16(30-2)11-9-15/h3-11H,1,12-14H2,2H3,(H,24,29). The first-order valence-electron chi connectivity index (χ1n) is 9.39. The molecule has 2 aromatic carbocycles. The molecule has 3 aromatic rings. The highest BCUT2D eigenvalue weighted by Gasteiger charge is 2.17. The van der Waals surface area contributed by atoms with Crippen molar-refractivity contribution in [2.24, 2.45) is 0 Å². The average molecular weight is 441 g/mol. The van der Waals surface area contributed by atoms with Crippen LogP contribution in [0.4, 0.5) is 10.1 Å². The van der Waals surface area contributed by atoms with E-state index in [9.17, 15) is 14.0 Å². The molecule has 0 spiro atoms. The summed E-state index contributed by atoms with van der Waals surface area (Å²) in [7, 11) is 1.56. The third-order valence-corrected chi connectivity index (χ3v) is 5.28. The van der Waals surface area contributed by atoms with E-state index in [-0.39, 0.29) is 23.6 Å². The highest BCUT2D eigenvalue weighted by Crippen LogP contribution is 2.21. The lowest BCUT2D eigenvalue weighted by atomic mass is 10.1. The summed E-state index contributed by atoms with van der Waals surface area (Å²) >= 11 is 1.22. The van der Waals surface area contributed by atoms with Gasteiger partial charge in [-0.15, -0.1) is 16.8 Å². The van der Waals surface area contributed by atoms with Crippen molar-refractivity contribution in [3.05, 3.63) is 78.4 Å². The van der Waals surface area contributed by atoms with Gasteiger partial charge in [0, 0.05) is 12.1 Å². The fourth-order valence-electron chi connectivity index (χ4n) is 2.76.